The zero-order chi connectivity index (χ0) is 26.8. The lowest BCUT2D eigenvalue weighted by Crippen LogP contribution is -2.55. The Kier molecular flexibility index (Phi) is 6.87. The Balaban J connectivity index is 1.35. The SMILES string of the molecule is COc1ccc(C(=O)N2CCN(C(=O)c3cc4nccc(-c5ccc(OC)c(OC)c5)n4n3)C[C@@H]2C)cc1. The Hall–Kier alpha value is -4.60. The highest BCUT2D eigenvalue weighted by molar-refractivity contribution is 5.96. The lowest BCUT2D eigenvalue weighted by molar-refractivity contribution is 0.0411. The van der Waals surface area contributed by atoms with E-state index in [9.17, 15) is 9.59 Å². The molecule has 2 aromatic heterocycles. The maximum Gasteiger partial charge on any atom is 0.274 e. The molecule has 0 radical (unpaired) electrons. The zero-order valence-electron chi connectivity index (χ0n) is 21.7. The van der Waals surface area contributed by atoms with E-state index in [4.69, 9.17) is 14.2 Å². The Morgan fingerprint density at radius 3 is 2.32 bits per heavy atom. The molecule has 0 unspecified atom stereocenters. The predicted octanol–water partition coefficient (Wildman–Crippen LogP) is 3.41. The summed E-state index contributed by atoms with van der Waals surface area (Å²) in [5, 5.41) is 4.60. The normalized spacial score (nSPS) is 15.4. The second kappa shape index (κ2) is 10.4. The van der Waals surface area contributed by atoms with Crippen LogP contribution in [-0.2, 0) is 0 Å². The lowest BCUT2D eigenvalue weighted by Gasteiger charge is -2.39. The highest BCUT2D eigenvalue weighted by Crippen LogP contribution is 2.32. The highest BCUT2D eigenvalue weighted by atomic mass is 16.5. The number of rotatable bonds is 6. The third-order valence-electron chi connectivity index (χ3n) is 6.77. The van der Waals surface area contributed by atoms with E-state index in [-0.39, 0.29) is 17.9 Å². The summed E-state index contributed by atoms with van der Waals surface area (Å²) in [4.78, 5) is 34.4. The molecular weight excluding hydrogens is 486 g/mol. The van der Waals surface area contributed by atoms with Crippen molar-refractivity contribution in [3.63, 3.8) is 0 Å². The minimum Gasteiger partial charge on any atom is -0.497 e. The van der Waals surface area contributed by atoms with Crippen LogP contribution >= 0.6 is 0 Å². The first-order valence-electron chi connectivity index (χ1n) is 12.2. The quantitative estimate of drug-likeness (QED) is 0.388. The van der Waals surface area contributed by atoms with Crippen LogP contribution in [0.5, 0.6) is 17.2 Å². The number of benzene rings is 2. The smallest absolute Gasteiger partial charge is 0.274 e. The van der Waals surface area contributed by atoms with Crippen molar-refractivity contribution in [1.82, 2.24) is 24.4 Å². The summed E-state index contributed by atoms with van der Waals surface area (Å²) < 4.78 is 17.6. The molecule has 1 atom stereocenters. The van der Waals surface area contributed by atoms with Crippen molar-refractivity contribution in [1.29, 1.82) is 0 Å². The summed E-state index contributed by atoms with van der Waals surface area (Å²) in [5.74, 6) is 1.65. The average Bonchev–Trinajstić information content (AvgIpc) is 3.40. The van der Waals surface area contributed by atoms with Crippen LogP contribution in [0.1, 0.15) is 27.8 Å². The van der Waals surface area contributed by atoms with Crippen LogP contribution in [0.25, 0.3) is 16.9 Å². The molecule has 0 bridgehead atoms. The summed E-state index contributed by atoms with van der Waals surface area (Å²) in [6.07, 6.45) is 1.68. The van der Waals surface area contributed by atoms with Crippen molar-refractivity contribution in [2.45, 2.75) is 13.0 Å². The fourth-order valence-electron chi connectivity index (χ4n) is 4.72. The largest absolute Gasteiger partial charge is 0.497 e. The number of hydrogen-bond acceptors (Lipinski definition) is 7. The van der Waals surface area contributed by atoms with Gasteiger partial charge >= 0.3 is 0 Å². The first-order chi connectivity index (χ1) is 18.4. The summed E-state index contributed by atoms with van der Waals surface area (Å²) in [6, 6.07) is 16.0. The van der Waals surface area contributed by atoms with E-state index < -0.39 is 0 Å². The van der Waals surface area contributed by atoms with E-state index >= 15 is 0 Å². The third kappa shape index (κ3) is 4.60. The van der Waals surface area contributed by atoms with Crippen LogP contribution in [0.4, 0.5) is 0 Å². The number of hydrogen-bond donors (Lipinski definition) is 0. The maximum atomic E-state index is 13.4. The topological polar surface area (TPSA) is 98.5 Å². The fraction of sp³-hybridized carbons (Fsp3) is 0.286. The van der Waals surface area contributed by atoms with E-state index in [1.165, 1.54) is 0 Å². The molecule has 1 saturated heterocycles. The van der Waals surface area contributed by atoms with Gasteiger partial charge in [-0.3, -0.25) is 9.59 Å². The molecule has 2 amide bonds. The number of piperazine rings is 1. The second-order valence-electron chi connectivity index (χ2n) is 9.03. The number of aromatic nitrogens is 3. The molecule has 2 aromatic carbocycles. The van der Waals surface area contributed by atoms with Crippen LogP contribution in [0, 0.1) is 0 Å². The number of amides is 2. The molecule has 0 N–H and O–H groups in total. The molecule has 1 aliphatic heterocycles. The molecule has 1 fully saturated rings. The number of nitrogens with zero attached hydrogens (tertiary/aromatic N) is 5. The number of ether oxygens (including phenoxy) is 3. The zero-order valence-corrected chi connectivity index (χ0v) is 21.7. The van der Waals surface area contributed by atoms with Crippen LogP contribution < -0.4 is 14.2 Å². The Labute approximate surface area is 220 Å². The molecule has 0 saturated carbocycles. The number of methoxy groups -OCH3 is 3. The van der Waals surface area contributed by atoms with Crippen molar-refractivity contribution in [3.8, 4) is 28.5 Å². The lowest BCUT2D eigenvalue weighted by atomic mass is 10.1. The van der Waals surface area contributed by atoms with Crippen LogP contribution in [0.15, 0.2) is 60.8 Å². The van der Waals surface area contributed by atoms with Crippen molar-refractivity contribution in [3.05, 3.63) is 72.1 Å². The van der Waals surface area contributed by atoms with E-state index in [1.54, 1.807) is 72.2 Å². The van der Waals surface area contributed by atoms with Gasteiger partial charge in [0.1, 0.15) is 5.75 Å². The molecule has 3 heterocycles. The van der Waals surface area contributed by atoms with Gasteiger partial charge in [-0.15, -0.1) is 0 Å². The molecule has 10 nitrogen and oxygen atoms in total. The fourth-order valence-corrected chi connectivity index (χ4v) is 4.72. The Morgan fingerprint density at radius 1 is 0.868 bits per heavy atom. The molecule has 10 heteroatoms. The molecule has 38 heavy (non-hydrogen) atoms. The van der Waals surface area contributed by atoms with E-state index in [2.05, 4.69) is 10.1 Å². The van der Waals surface area contributed by atoms with E-state index in [1.807, 2.05) is 31.2 Å². The van der Waals surface area contributed by atoms with Crippen LogP contribution in [0.3, 0.4) is 0 Å². The Morgan fingerprint density at radius 2 is 1.63 bits per heavy atom. The minimum absolute atomic E-state index is 0.0660. The van der Waals surface area contributed by atoms with Gasteiger partial charge in [-0.2, -0.15) is 5.10 Å². The van der Waals surface area contributed by atoms with Crippen LogP contribution in [0.2, 0.25) is 0 Å². The number of carbonyl (C=O) groups excluding carboxylic acids is 2. The van der Waals surface area contributed by atoms with Crippen molar-refractivity contribution in [2.24, 2.45) is 0 Å². The molecular formula is C28H29N5O5. The van der Waals surface area contributed by atoms with Gasteiger partial charge in [0.2, 0.25) is 0 Å². The summed E-state index contributed by atoms with van der Waals surface area (Å²) in [5.41, 5.74) is 3.05. The first kappa shape index (κ1) is 25.1. The third-order valence-corrected chi connectivity index (χ3v) is 6.77. The van der Waals surface area contributed by atoms with Gasteiger partial charge < -0.3 is 24.0 Å². The maximum absolute atomic E-state index is 13.4. The molecule has 0 aliphatic carbocycles. The van der Waals surface area contributed by atoms with Gasteiger partial charge in [0, 0.05) is 49.1 Å². The van der Waals surface area contributed by atoms with E-state index in [0.717, 1.165) is 11.3 Å². The minimum atomic E-state index is -0.197. The first-order valence-corrected chi connectivity index (χ1v) is 12.2. The van der Waals surface area contributed by atoms with Gasteiger partial charge in [-0.25, -0.2) is 9.50 Å². The molecule has 1 aliphatic rings. The molecule has 5 rings (SSSR count). The van der Waals surface area contributed by atoms with Gasteiger partial charge in [-0.05, 0) is 55.5 Å². The predicted molar refractivity (Wildman–Crippen MR) is 141 cm³/mol. The van der Waals surface area contributed by atoms with Gasteiger partial charge in [0.05, 0.1) is 27.0 Å². The standard InChI is InChI=1S/C28H29N5O5/c1-18-17-31(13-14-32(18)27(34)19-5-8-21(36-2)9-6-19)28(35)22-16-26-29-12-11-23(33(26)30-22)20-7-10-24(37-3)25(15-20)38-4/h5-12,15-16,18H,13-14,17H2,1-4H3/t18-/m0/s1. The number of carbonyl (C=O) groups is 2. The molecule has 4 aromatic rings. The highest BCUT2D eigenvalue weighted by Gasteiger charge is 2.32. The van der Waals surface area contributed by atoms with Gasteiger partial charge in [0.25, 0.3) is 11.8 Å². The molecule has 0 spiro atoms. The van der Waals surface area contributed by atoms with Crippen molar-refractivity contribution in [2.75, 3.05) is 41.0 Å². The summed E-state index contributed by atoms with van der Waals surface area (Å²) in [6.45, 7) is 3.20. The van der Waals surface area contributed by atoms with Crippen molar-refractivity contribution < 1.29 is 23.8 Å². The second-order valence-corrected chi connectivity index (χ2v) is 9.03. The summed E-state index contributed by atoms with van der Waals surface area (Å²) in [7, 11) is 4.76. The Bertz CT molecular complexity index is 1480. The summed E-state index contributed by atoms with van der Waals surface area (Å²) >= 11 is 0. The van der Waals surface area contributed by atoms with Crippen molar-refractivity contribution >= 4 is 17.5 Å². The van der Waals surface area contributed by atoms with Gasteiger partial charge in [-0.1, -0.05) is 0 Å². The van der Waals surface area contributed by atoms with E-state index in [0.29, 0.717) is 53.8 Å². The monoisotopic (exact) mass is 515 g/mol. The van der Waals surface area contributed by atoms with Gasteiger partial charge in [0.15, 0.2) is 22.8 Å². The van der Waals surface area contributed by atoms with Crippen LogP contribution in [-0.4, -0.2) is 83.2 Å². The number of fused-ring (bicyclic) bond motifs is 1. The average molecular weight is 516 g/mol. The molecule has 196 valence electrons.